The zero-order valence-corrected chi connectivity index (χ0v) is 17.0. The summed E-state index contributed by atoms with van der Waals surface area (Å²) < 4.78 is 5.27. The van der Waals surface area contributed by atoms with Gasteiger partial charge in [0.25, 0.3) is 11.7 Å². The molecule has 1 atom stereocenters. The van der Waals surface area contributed by atoms with Gasteiger partial charge >= 0.3 is 0 Å². The average Bonchev–Trinajstić information content (AvgIpc) is 2.97. The quantitative estimate of drug-likeness (QED) is 0.459. The fourth-order valence-electron chi connectivity index (χ4n) is 3.49. The second kappa shape index (κ2) is 8.45. The molecule has 0 spiro atoms. The Bertz CT molecular complexity index is 954. The van der Waals surface area contributed by atoms with Gasteiger partial charge in [-0.15, -0.1) is 0 Å². The Labute approximate surface area is 170 Å². The van der Waals surface area contributed by atoms with Crippen LogP contribution in [0.15, 0.2) is 48.3 Å². The van der Waals surface area contributed by atoms with Crippen LogP contribution >= 0.6 is 0 Å². The molecule has 1 fully saturated rings. The van der Waals surface area contributed by atoms with Crippen molar-refractivity contribution in [1.82, 2.24) is 14.8 Å². The van der Waals surface area contributed by atoms with Crippen LogP contribution in [0, 0.1) is 6.92 Å². The Morgan fingerprint density at radius 1 is 1.21 bits per heavy atom. The number of aromatic nitrogens is 1. The third kappa shape index (κ3) is 4.00. The van der Waals surface area contributed by atoms with E-state index in [9.17, 15) is 14.7 Å². The number of carbonyl (C=O) groups excluding carboxylic acids is 2. The van der Waals surface area contributed by atoms with Gasteiger partial charge in [0.1, 0.15) is 11.5 Å². The maximum Gasteiger partial charge on any atom is 0.295 e. The Morgan fingerprint density at radius 3 is 2.48 bits per heavy atom. The zero-order chi connectivity index (χ0) is 21.1. The average molecular weight is 395 g/mol. The number of likely N-dealkylation sites (tertiary alicyclic amines) is 1. The minimum atomic E-state index is -0.684. The number of aliphatic hydroxyl groups is 1. The number of aryl methyl sites for hydroxylation is 1. The van der Waals surface area contributed by atoms with E-state index < -0.39 is 17.7 Å². The van der Waals surface area contributed by atoms with E-state index in [1.165, 1.54) is 4.90 Å². The van der Waals surface area contributed by atoms with E-state index in [1.54, 1.807) is 49.8 Å². The van der Waals surface area contributed by atoms with Gasteiger partial charge in [-0.2, -0.15) is 0 Å². The van der Waals surface area contributed by atoms with Gasteiger partial charge in [-0.25, -0.2) is 0 Å². The molecule has 0 radical (unpaired) electrons. The third-order valence-electron chi connectivity index (χ3n) is 5.02. The molecule has 1 aliphatic rings. The van der Waals surface area contributed by atoms with Gasteiger partial charge in [-0.05, 0) is 62.5 Å². The molecule has 1 aliphatic heterocycles. The summed E-state index contributed by atoms with van der Waals surface area (Å²) >= 11 is 0. The maximum absolute atomic E-state index is 12.9. The Balaban J connectivity index is 2.13. The highest BCUT2D eigenvalue weighted by Crippen LogP contribution is 2.39. The molecule has 0 unspecified atom stereocenters. The van der Waals surface area contributed by atoms with Crippen molar-refractivity contribution in [1.29, 1.82) is 0 Å². The highest BCUT2D eigenvalue weighted by molar-refractivity contribution is 6.46. The van der Waals surface area contributed by atoms with Crippen LogP contribution in [0.4, 0.5) is 0 Å². The topological polar surface area (TPSA) is 83.0 Å². The molecular weight excluding hydrogens is 370 g/mol. The number of hydrogen-bond acceptors (Lipinski definition) is 6. The number of ether oxygens (including phenoxy) is 1. The predicted molar refractivity (Wildman–Crippen MR) is 110 cm³/mol. The van der Waals surface area contributed by atoms with Crippen molar-refractivity contribution in [2.45, 2.75) is 13.0 Å². The first-order valence-corrected chi connectivity index (χ1v) is 9.33. The number of nitrogens with zero attached hydrogens (tertiary/aromatic N) is 3. The van der Waals surface area contributed by atoms with E-state index in [1.807, 2.05) is 25.9 Å². The van der Waals surface area contributed by atoms with Crippen LogP contribution in [0.5, 0.6) is 5.75 Å². The molecule has 1 aromatic heterocycles. The number of pyridine rings is 1. The van der Waals surface area contributed by atoms with Crippen LogP contribution in [0.3, 0.4) is 0 Å². The molecule has 1 saturated heterocycles. The number of hydrogen-bond donors (Lipinski definition) is 1. The monoisotopic (exact) mass is 395 g/mol. The number of methoxy groups -OCH3 is 1. The van der Waals surface area contributed by atoms with Crippen LogP contribution in [0.25, 0.3) is 5.76 Å². The fraction of sp³-hybridized carbons (Fsp3) is 0.318. The molecular formula is C22H25N3O4. The van der Waals surface area contributed by atoms with Gasteiger partial charge < -0.3 is 19.6 Å². The molecule has 29 heavy (non-hydrogen) atoms. The number of amides is 1. The first-order valence-electron chi connectivity index (χ1n) is 9.33. The smallest absolute Gasteiger partial charge is 0.295 e. The Kier molecular flexibility index (Phi) is 5.98. The van der Waals surface area contributed by atoms with Gasteiger partial charge in [0.05, 0.1) is 18.7 Å². The number of ketones is 1. The van der Waals surface area contributed by atoms with Crippen molar-refractivity contribution in [3.63, 3.8) is 0 Å². The lowest BCUT2D eigenvalue weighted by atomic mass is 9.95. The molecule has 0 saturated carbocycles. The highest BCUT2D eigenvalue weighted by atomic mass is 16.5. The number of rotatable bonds is 6. The van der Waals surface area contributed by atoms with Gasteiger partial charge in [0.2, 0.25) is 0 Å². The third-order valence-corrected chi connectivity index (χ3v) is 5.02. The van der Waals surface area contributed by atoms with E-state index in [4.69, 9.17) is 4.74 Å². The van der Waals surface area contributed by atoms with E-state index in [2.05, 4.69) is 4.98 Å². The lowest BCUT2D eigenvalue weighted by Crippen LogP contribution is -2.35. The summed E-state index contributed by atoms with van der Waals surface area (Å²) in [5, 5.41) is 11.0. The molecule has 0 bridgehead atoms. The Hall–Kier alpha value is -3.19. The van der Waals surface area contributed by atoms with Crippen molar-refractivity contribution in [3.8, 4) is 5.75 Å². The SMILES string of the molecule is COc1ccc(/C(O)=C2\C(=O)C(=O)N(CCN(C)C)[C@@H]2c2ccncc2)cc1C. The summed E-state index contributed by atoms with van der Waals surface area (Å²) in [6.07, 6.45) is 3.22. The second-order valence-electron chi connectivity index (χ2n) is 7.26. The molecule has 3 rings (SSSR count). The molecule has 1 aromatic carbocycles. The summed E-state index contributed by atoms with van der Waals surface area (Å²) in [7, 11) is 5.37. The number of aliphatic hydroxyl groups excluding tert-OH is 1. The number of Topliss-reactive ketones (excluding diaryl/α,β-unsaturated/α-hetero) is 1. The lowest BCUT2D eigenvalue weighted by molar-refractivity contribution is -0.140. The Morgan fingerprint density at radius 2 is 1.90 bits per heavy atom. The molecule has 7 nitrogen and oxygen atoms in total. The van der Waals surface area contributed by atoms with E-state index in [0.717, 1.165) is 11.1 Å². The van der Waals surface area contributed by atoms with Crippen molar-refractivity contribution in [2.75, 3.05) is 34.3 Å². The molecule has 0 aliphatic carbocycles. The van der Waals surface area contributed by atoms with Gasteiger partial charge in [-0.1, -0.05) is 0 Å². The van der Waals surface area contributed by atoms with E-state index in [-0.39, 0.29) is 11.3 Å². The molecule has 2 heterocycles. The van der Waals surface area contributed by atoms with Crippen molar-refractivity contribution in [3.05, 3.63) is 65.0 Å². The van der Waals surface area contributed by atoms with Crippen LogP contribution < -0.4 is 4.74 Å². The second-order valence-corrected chi connectivity index (χ2v) is 7.26. The normalized spacial score (nSPS) is 18.5. The summed E-state index contributed by atoms with van der Waals surface area (Å²) in [5.41, 5.74) is 2.10. The first-order chi connectivity index (χ1) is 13.8. The summed E-state index contributed by atoms with van der Waals surface area (Å²) in [6, 6.07) is 7.99. The standard InChI is InChI=1S/C22H25N3O4/c1-14-13-16(5-6-17(14)29-4)20(26)18-19(15-7-9-23-10-8-15)25(12-11-24(2)3)22(28)21(18)27/h5-10,13,19,26H,11-12H2,1-4H3/b20-18+/t19-/m1/s1. The molecule has 1 N–H and O–H groups in total. The van der Waals surface area contributed by atoms with E-state index in [0.29, 0.717) is 24.4 Å². The number of carbonyl (C=O) groups is 2. The molecule has 2 aromatic rings. The van der Waals surface area contributed by atoms with Crippen LogP contribution in [0.2, 0.25) is 0 Å². The van der Waals surface area contributed by atoms with Crippen molar-refractivity contribution in [2.24, 2.45) is 0 Å². The summed E-state index contributed by atoms with van der Waals surface area (Å²) in [5.74, 6) is -0.807. The summed E-state index contributed by atoms with van der Waals surface area (Å²) in [4.78, 5) is 33.2. The molecule has 1 amide bonds. The van der Waals surface area contributed by atoms with Crippen LogP contribution in [-0.4, -0.2) is 65.9 Å². The number of benzene rings is 1. The minimum absolute atomic E-state index is 0.0875. The van der Waals surface area contributed by atoms with Gasteiger partial charge in [0, 0.05) is 31.0 Å². The minimum Gasteiger partial charge on any atom is -0.507 e. The number of likely N-dealkylation sites (N-methyl/N-ethyl adjacent to an activating group) is 1. The predicted octanol–water partition coefficient (Wildman–Crippen LogP) is 2.38. The van der Waals surface area contributed by atoms with Gasteiger partial charge in [0.15, 0.2) is 0 Å². The molecule has 7 heteroatoms. The fourth-order valence-corrected chi connectivity index (χ4v) is 3.49. The van der Waals surface area contributed by atoms with Crippen molar-refractivity contribution >= 4 is 17.4 Å². The van der Waals surface area contributed by atoms with Crippen LogP contribution in [-0.2, 0) is 9.59 Å². The van der Waals surface area contributed by atoms with E-state index >= 15 is 0 Å². The first kappa shape index (κ1) is 20.5. The molecule has 152 valence electrons. The zero-order valence-electron chi connectivity index (χ0n) is 17.0. The maximum atomic E-state index is 12.9. The largest absolute Gasteiger partial charge is 0.507 e. The van der Waals surface area contributed by atoms with Gasteiger partial charge in [-0.3, -0.25) is 14.6 Å². The van der Waals surface area contributed by atoms with Crippen molar-refractivity contribution < 1.29 is 19.4 Å². The highest BCUT2D eigenvalue weighted by Gasteiger charge is 2.45. The van der Waals surface area contributed by atoms with Crippen LogP contribution in [0.1, 0.15) is 22.7 Å². The summed E-state index contributed by atoms with van der Waals surface area (Å²) in [6.45, 7) is 2.81. The lowest BCUT2D eigenvalue weighted by Gasteiger charge is -2.26.